The Kier molecular flexibility index (Phi) is 5.26. The van der Waals surface area contributed by atoms with Gasteiger partial charge in [0.25, 0.3) is 5.91 Å². The Bertz CT molecular complexity index is 555. The zero-order valence-electron chi connectivity index (χ0n) is 11.4. The fourth-order valence-corrected chi connectivity index (χ4v) is 2.06. The zero-order chi connectivity index (χ0) is 14.2. The number of nitrogens with one attached hydrogen (secondary N) is 1. The predicted octanol–water partition coefficient (Wildman–Crippen LogP) is 1.56. The van der Waals surface area contributed by atoms with Gasteiger partial charge in [0.15, 0.2) is 0 Å². The van der Waals surface area contributed by atoms with Crippen molar-refractivity contribution in [3.63, 3.8) is 0 Å². The summed E-state index contributed by atoms with van der Waals surface area (Å²) in [5.41, 5.74) is 8.24. The van der Waals surface area contributed by atoms with Gasteiger partial charge in [-0.15, -0.1) is 0 Å². The standard InChI is InChI=1S/C16H19N3O/c17-10-8-13-5-1-2-7-15(13)16(20)19-12-9-14-6-3-4-11-18-14/h1-7,11H,8-10,12,17H2,(H,19,20). The first-order chi connectivity index (χ1) is 9.81. The van der Waals surface area contributed by atoms with E-state index in [1.807, 2.05) is 42.5 Å². The van der Waals surface area contributed by atoms with Gasteiger partial charge < -0.3 is 11.1 Å². The molecule has 0 unspecified atom stereocenters. The maximum absolute atomic E-state index is 12.2. The van der Waals surface area contributed by atoms with E-state index in [1.165, 1.54) is 0 Å². The number of aromatic nitrogens is 1. The van der Waals surface area contributed by atoms with Crippen LogP contribution in [-0.4, -0.2) is 24.0 Å². The van der Waals surface area contributed by atoms with Crippen LogP contribution >= 0.6 is 0 Å². The highest BCUT2D eigenvalue weighted by molar-refractivity contribution is 5.95. The van der Waals surface area contributed by atoms with Crippen molar-refractivity contribution in [2.75, 3.05) is 13.1 Å². The Labute approximate surface area is 119 Å². The molecule has 0 atom stereocenters. The molecule has 0 spiro atoms. The van der Waals surface area contributed by atoms with Crippen LogP contribution in [0.3, 0.4) is 0 Å². The fraction of sp³-hybridized carbons (Fsp3) is 0.250. The van der Waals surface area contributed by atoms with Crippen LogP contribution in [0.2, 0.25) is 0 Å². The highest BCUT2D eigenvalue weighted by Gasteiger charge is 2.09. The molecular formula is C16H19N3O. The molecule has 20 heavy (non-hydrogen) atoms. The lowest BCUT2D eigenvalue weighted by Crippen LogP contribution is -2.27. The highest BCUT2D eigenvalue weighted by Crippen LogP contribution is 2.09. The van der Waals surface area contributed by atoms with Gasteiger partial charge in [0.05, 0.1) is 0 Å². The molecule has 0 saturated carbocycles. The van der Waals surface area contributed by atoms with Crippen molar-refractivity contribution in [3.8, 4) is 0 Å². The third-order valence-corrected chi connectivity index (χ3v) is 3.07. The molecule has 104 valence electrons. The Morgan fingerprint density at radius 3 is 2.65 bits per heavy atom. The van der Waals surface area contributed by atoms with Gasteiger partial charge in [0, 0.05) is 30.4 Å². The van der Waals surface area contributed by atoms with Crippen molar-refractivity contribution in [2.45, 2.75) is 12.8 Å². The zero-order valence-corrected chi connectivity index (χ0v) is 11.4. The number of rotatable bonds is 6. The van der Waals surface area contributed by atoms with E-state index in [4.69, 9.17) is 5.73 Å². The van der Waals surface area contributed by atoms with Crippen molar-refractivity contribution in [1.29, 1.82) is 0 Å². The number of carbonyl (C=O) groups excluding carboxylic acids is 1. The molecule has 0 aliphatic carbocycles. The number of carbonyl (C=O) groups is 1. The summed E-state index contributed by atoms with van der Waals surface area (Å²) in [6.45, 7) is 1.12. The summed E-state index contributed by atoms with van der Waals surface area (Å²) in [5.74, 6) is -0.0509. The topological polar surface area (TPSA) is 68.0 Å². The minimum absolute atomic E-state index is 0.0509. The van der Waals surface area contributed by atoms with E-state index in [0.29, 0.717) is 25.1 Å². The average Bonchev–Trinajstić information content (AvgIpc) is 2.49. The van der Waals surface area contributed by atoms with E-state index in [2.05, 4.69) is 10.3 Å². The average molecular weight is 269 g/mol. The van der Waals surface area contributed by atoms with Crippen molar-refractivity contribution in [3.05, 3.63) is 65.5 Å². The van der Waals surface area contributed by atoms with Gasteiger partial charge in [-0.05, 0) is 36.7 Å². The van der Waals surface area contributed by atoms with Crippen LogP contribution in [0.5, 0.6) is 0 Å². The number of pyridine rings is 1. The van der Waals surface area contributed by atoms with Gasteiger partial charge in [0.1, 0.15) is 0 Å². The number of hydrogen-bond acceptors (Lipinski definition) is 3. The summed E-state index contributed by atoms with van der Waals surface area (Å²) in [4.78, 5) is 16.4. The van der Waals surface area contributed by atoms with E-state index in [0.717, 1.165) is 17.7 Å². The van der Waals surface area contributed by atoms with Crippen molar-refractivity contribution >= 4 is 5.91 Å². The summed E-state index contributed by atoms with van der Waals surface area (Å²) in [6.07, 6.45) is 3.20. The summed E-state index contributed by atoms with van der Waals surface area (Å²) in [6, 6.07) is 13.4. The van der Waals surface area contributed by atoms with Gasteiger partial charge in [-0.25, -0.2) is 0 Å². The number of benzene rings is 1. The minimum Gasteiger partial charge on any atom is -0.352 e. The second-order valence-electron chi connectivity index (χ2n) is 4.52. The molecule has 0 saturated heterocycles. The van der Waals surface area contributed by atoms with Crippen LogP contribution in [-0.2, 0) is 12.8 Å². The summed E-state index contributed by atoms with van der Waals surface area (Å²) < 4.78 is 0. The van der Waals surface area contributed by atoms with Crippen LogP contribution in [0.25, 0.3) is 0 Å². The molecule has 4 heteroatoms. The minimum atomic E-state index is -0.0509. The second-order valence-corrected chi connectivity index (χ2v) is 4.52. The lowest BCUT2D eigenvalue weighted by Gasteiger charge is -2.09. The smallest absolute Gasteiger partial charge is 0.251 e. The highest BCUT2D eigenvalue weighted by atomic mass is 16.1. The van der Waals surface area contributed by atoms with E-state index in [-0.39, 0.29) is 5.91 Å². The normalized spacial score (nSPS) is 10.2. The van der Waals surface area contributed by atoms with Crippen LogP contribution in [0, 0.1) is 0 Å². The molecule has 0 bridgehead atoms. The first-order valence-electron chi connectivity index (χ1n) is 6.77. The van der Waals surface area contributed by atoms with Crippen molar-refractivity contribution < 1.29 is 4.79 Å². The Hall–Kier alpha value is -2.20. The van der Waals surface area contributed by atoms with Gasteiger partial charge in [-0.2, -0.15) is 0 Å². The summed E-state index contributed by atoms with van der Waals surface area (Å²) >= 11 is 0. The van der Waals surface area contributed by atoms with Crippen molar-refractivity contribution in [1.82, 2.24) is 10.3 Å². The summed E-state index contributed by atoms with van der Waals surface area (Å²) in [5, 5.41) is 2.93. The molecular weight excluding hydrogens is 250 g/mol. The summed E-state index contributed by atoms with van der Waals surface area (Å²) in [7, 11) is 0. The number of hydrogen-bond donors (Lipinski definition) is 2. The molecule has 4 nitrogen and oxygen atoms in total. The lowest BCUT2D eigenvalue weighted by atomic mass is 10.0. The monoisotopic (exact) mass is 269 g/mol. The maximum atomic E-state index is 12.2. The van der Waals surface area contributed by atoms with Crippen molar-refractivity contribution in [2.24, 2.45) is 5.73 Å². The van der Waals surface area contributed by atoms with Crippen LogP contribution < -0.4 is 11.1 Å². The molecule has 0 radical (unpaired) electrons. The first kappa shape index (κ1) is 14.2. The Morgan fingerprint density at radius 2 is 1.90 bits per heavy atom. The van der Waals surface area contributed by atoms with E-state index in [9.17, 15) is 4.79 Å². The first-order valence-corrected chi connectivity index (χ1v) is 6.77. The maximum Gasteiger partial charge on any atom is 0.251 e. The van der Waals surface area contributed by atoms with E-state index in [1.54, 1.807) is 6.20 Å². The molecule has 1 aromatic heterocycles. The predicted molar refractivity (Wildman–Crippen MR) is 79.5 cm³/mol. The van der Waals surface area contributed by atoms with Gasteiger partial charge >= 0.3 is 0 Å². The van der Waals surface area contributed by atoms with Gasteiger partial charge in [-0.1, -0.05) is 24.3 Å². The number of nitrogens with zero attached hydrogens (tertiary/aromatic N) is 1. The Balaban J connectivity index is 1.92. The van der Waals surface area contributed by atoms with Crippen LogP contribution in [0.1, 0.15) is 21.6 Å². The van der Waals surface area contributed by atoms with Gasteiger partial charge in [-0.3, -0.25) is 9.78 Å². The second kappa shape index (κ2) is 7.40. The number of amides is 1. The SMILES string of the molecule is NCCc1ccccc1C(=O)NCCc1ccccn1. The molecule has 0 aliphatic heterocycles. The van der Waals surface area contributed by atoms with E-state index >= 15 is 0 Å². The molecule has 1 aromatic carbocycles. The Morgan fingerprint density at radius 1 is 1.10 bits per heavy atom. The fourth-order valence-electron chi connectivity index (χ4n) is 2.06. The lowest BCUT2D eigenvalue weighted by molar-refractivity contribution is 0.0953. The van der Waals surface area contributed by atoms with Crippen LogP contribution in [0.4, 0.5) is 0 Å². The number of nitrogens with two attached hydrogens (primary N) is 1. The largest absolute Gasteiger partial charge is 0.352 e. The molecule has 0 fully saturated rings. The third kappa shape index (κ3) is 3.90. The molecule has 2 rings (SSSR count). The molecule has 2 aromatic rings. The van der Waals surface area contributed by atoms with Gasteiger partial charge in [0.2, 0.25) is 0 Å². The quantitative estimate of drug-likeness (QED) is 0.836. The third-order valence-electron chi connectivity index (χ3n) is 3.07. The molecule has 0 aliphatic rings. The molecule has 3 N–H and O–H groups in total. The molecule has 1 amide bonds. The van der Waals surface area contributed by atoms with E-state index < -0.39 is 0 Å². The molecule has 1 heterocycles. The van der Waals surface area contributed by atoms with Crippen LogP contribution in [0.15, 0.2) is 48.7 Å².